The topological polar surface area (TPSA) is 39.2 Å². The molecule has 0 saturated heterocycles. The molecule has 0 saturated carbocycles. The highest BCUT2D eigenvalue weighted by molar-refractivity contribution is 7.09. The summed E-state index contributed by atoms with van der Waals surface area (Å²) >= 11 is 1.50. The molecule has 0 aliphatic heterocycles. The van der Waals surface area contributed by atoms with Crippen LogP contribution in [0.5, 0.6) is 0 Å². The quantitative estimate of drug-likeness (QED) is 0.779. The van der Waals surface area contributed by atoms with E-state index in [9.17, 15) is 4.79 Å². The summed E-state index contributed by atoms with van der Waals surface area (Å²) in [6.45, 7) is 0. The number of ether oxygens (including phenoxy) is 1. The average molecular weight is 247 g/mol. The molecule has 2 aromatic rings. The first-order chi connectivity index (χ1) is 8.28. The van der Waals surface area contributed by atoms with Crippen LogP contribution in [0.2, 0.25) is 0 Å². The fraction of sp³-hybridized carbons (Fsp3) is 0.231. The Morgan fingerprint density at radius 3 is 2.82 bits per heavy atom. The number of methoxy groups -OCH3 is 1. The smallest absolute Gasteiger partial charge is 0.312 e. The van der Waals surface area contributed by atoms with Crippen LogP contribution in [0.3, 0.4) is 0 Å². The molecule has 17 heavy (non-hydrogen) atoms. The summed E-state index contributed by atoms with van der Waals surface area (Å²) in [5.41, 5.74) is 2.22. The van der Waals surface area contributed by atoms with Crippen molar-refractivity contribution in [2.24, 2.45) is 0 Å². The van der Waals surface area contributed by atoms with Crippen molar-refractivity contribution in [2.45, 2.75) is 12.8 Å². The Hall–Kier alpha value is -1.68. The van der Waals surface area contributed by atoms with E-state index in [-0.39, 0.29) is 12.4 Å². The van der Waals surface area contributed by atoms with E-state index in [2.05, 4.69) is 21.9 Å². The third-order valence-corrected chi connectivity index (χ3v) is 3.25. The van der Waals surface area contributed by atoms with E-state index in [0.29, 0.717) is 0 Å². The number of carbonyl (C=O) groups excluding carboxylic acids is 1. The van der Waals surface area contributed by atoms with Crippen LogP contribution in [0.25, 0.3) is 0 Å². The summed E-state index contributed by atoms with van der Waals surface area (Å²) in [4.78, 5) is 15.5. The molecule has 1 heterocycles. The Bertz CT molecular complexity index is 493. The van der Waals surface area contributed by atoms with Gasteiger partial charge in [0.1, 0.15) is 5.01 Å². The number of hydrogen-bond donors (Lipinski definition) is 0. The van der Waals surface area contributed by atoms with E-state index in [1.165, 1.54) is 24.0 Å². The molecule has 0 bridgehead atoms. The van der Waals surface area contributed by atoms with Gasteiger partial charge in [-0.1, -0.05) is 30.3 Å². The van der Waals surface area contributed by atoms with Gasteiger partial charge in [-0.3, -0.25) is 4.79 Å². The standard InChI is InChI=1S/C13H13NO2S/c1-16-13(15)8-12-14-11(9-17-12)7-10-5-3-2-4-6-10/h2-6,9H,7-8H2,1H3. The molecule has 0 radical (unpaired) electrons. The molecule has 0 atom stereocenters. The molecule has 0 aliphatic rings. The highest BCUT2D eigenvalue weighted by atomic mass is 32.1. The summed E-state index contributed by atoms with van der Waals surface area (Å²) in [7, 11) is 1.39. The molecule has 2 rings (SSSR count). The molecule has 0 aliphatic carbocycles. The first kappa shape index (κ1) is 11.8. The zero-order valence-corrected chi connectivity index (χ0v) is 10.4. The van der Waals surface area contributed by atoms with Crippen molar-refractivity contribution in [3.63, 3.8) is 0 Å². The summed E-state index contributed by atoms with van der Waals surface area (Å²) in [6.07, 6.45) is 1.06. The summed E-state index contributed by atoms with van der Waals surface area (Å²) in [5, 5.41) is 2.80. The lowest BCUT2D eigenvalue weighted by Crippen LogP contribution is -2.04. The van der Waals surface area contributed by atoms with Gasteiger partial charge in [-0.15, -0.1) is 11.3 Å². The van der Waals surface area contributed by atoms with Gasteiger partial charge in [0.05, 0.1) is 19.2 Å². The van der Waals surface area contributed by atoms with Crippen molar-refractivity contribution in [3.8, 4) is 0 Å². The Balaban J connectivity index is 2.01. The fourth-order valence-electron chi connectivity index (χ4n) is 1.51. The normalized spacial score (nSPS) is 10.2. The second-order valence-electron chi connectivity index (χ2n) is 3.65. The SMILES string of the molecule is COC(=O)Cc1nc(Cc2ccccc2)cs1. The molecule has 0 spiro atoms. The number of hydrogen-bond acceptors (Lipinski definition) is 4. The zero-order valence-electron chi connectivity index (χ0n) is 9.55. The summed E-state index contributed by atoms with van der Waals surface area (Å²) < 4.78 is 4.61. The number of esters is 1. The van der Waals surface area contributed by atoms with Gasteiger partial charge in [0.2, 0.25) is 0 Å². The molecule has 3 nitrogen and oxygen atoms in total. The molecular weight excluding hydrogens is 234 g/mol. The highest BCUT2D eigenvalue weighted by Gasteiger charge is 2.08. The number of carbonyl (C=O) groups is 1. The Labute approximate surface area is 104 Å². The number of thiazole rings is 1. The first-order valence-electron chi connectivity index (χ1n) is 5.32. The lowest BCUT2D eigenvalue weighted by molar-refractivity contribution is -0.139. The monoisotopic (exact) mass is 247 g/mol. The molecule has 88 valence electrons. The summed E-state index contributed by atoms with van der Waals surface area (Å²) in [5.74, 6) is -0.245. The predicted octanol–water partition coefficient (Wildman–Crippen LogP) is 2.45. The van der Waals surface area contributed by atoms with Crippen LogP contribution in [0.15, 0.2) is 35.7 Å². The molecule has 0 fully saturated rings. The van der Waals surface area contributed by atoms with Crippen molar-refractivity contribution in [3.05, 3.63) is 52.0 Å². The molecule has 0 amide bonds. The second kappa shape index (κ2) is 5.59. The van der Waals surface area contributed by atoms with Crippen molar-refractivity contribution in [2.75, 3.05) is 7.11 Å². The van der Waals surface area contributed by atoms with Crippen LogP contribution >= 0.6 is 11.3 Å². The van der Waals surface area contributed by atoms with Crippen molar-refractivity contribution < 1.29 is 9.53 Å². The van der Waals surface area contributed by atoms with Gasteiger partial charge in [0, 0.05) is 11.8 Å². The van der Waals surface area contributed by atoms with Crippen molar-refractivity contribution in [1.29, 1.82) is 0 Å². The molecule has 0 unspecified atom stereocenters. The lowest BCUT2D eigenvalue weighted by atomic mass is 10.1. The Morgan fingerprint density at radius 1 is 1.35 bits per heavy atom. The zero-order chi connectivity index (χ0) is 12.1. The fourth-order valence-corrected chi connectivity index (χ4v) is 2.29. The molecule has 1 aromatic carbocycles. The Morgan fingerprint density at radius 2 is 2.12 bits per heavy atom. The number of benzene rings is 1. The van der Waals surface area contributed by atoms with Crippen LogP contribution in [-0.2, 0) is 22.4 Å². The van der Waals surface area contributed by atoms with E-state index < -0.39 is 0 Å². The molecule has 0 N–H and O–H groups in total. The number of aromatic nitrogens is 1. The third kappa shape index (κ3) is 3.39. The average Bonchev–Trinajstić information content (AvgIpc) is 2.77. The minimum absolute atomic E-state index is 0.245. The maximum Gasteiger partial charge on any atom is 0.312 e. The summed E-state index contributed by atoms with van der Waals surface area (Å²) in [6, 6.07) is 10.2. The van der Waals surface area contributed by atoms with Crippen LogP contribution in [0, 0.1) is 0 Å². The van der Waals surface area contributed by atoms with E-state index >= 15 is 0 Å². The van der Waals surface area contributed by atoms with Gasteiger partial charge in [-0.25, -0.2) is 4.98 Å². The van der Waals surface area contributed by atoms with Crippen molar-refractivity contribution >= 4 is 17.3 Å². The van der Waals surface area contributed by atoms with Crippen LogP contribution in [0.4, 0.5) is 0 Å². The van der Waals surface area contributed by atoms with Crippen molar-refractivity contribution in [1.82, 2.24) is 4.98 Å². The Kier molecular flexibility index (Phi) is 3.88. The van der Waals surface area contributed by atoms with Crippen LogP contribution < -0.4 is 0 Å². The van der Waals surface area contributed by atoms with Crippen LogP contribution in [-0.4, -0.2) is 18.1 Å². The highest BCUT2D eigenvalue weighted by Crippen LogP contribution is 2.14. The third-order valence-electron chi connectivity index (χ3n) is 2.35. The van der Waals surface area contributed by atoms with Gasteiger partial charge >= 0.3 is 5.97 Å². The first-order valence-corrected chi connectivity index (χ1v) is 6.20. The minimum atomic E-state index is -0.245. The molecule has 4 heteroatoms. The second-order valence-corrected chi connectivity index (χ2v) is 4.59. The van der Waals surface area contributed by atoms with Gasteiger partial charge in [0.25, 0.3) is 0 Å². The van der Waals surface area contributed by atoms with E-state index in [1.54, 1.807) is 0 Å². The van der Waals surface area contributed by atoms with E-state index in [4.69, 9.17) is 0 Å². The molecular formula is C13H13NO2S. The molecule has 1 aromatic heterocycles. The van der Waals surface area contributed by atoms with Gasteiger partial charge in [0.15, 0.2) is 0 Å². The number of rotatable bonds is 4. The van der Waals surface area contributed by atoms with Gasteiger partial charge < -0.3 is 4.74 Å². The van der Waals surface area contributed by atoms with E-state index in [1.807, 2.05) is 23.6 Å². The van der Waals surface area contributed by atoms with E-state index in [0.717, 1.165) is 17.1 Å². The van der Waals surface area contributed by atoms with Gasteiger partial charge in [-0.2, -0.15) is 0 Å². The van der Waals surface area contributed by atoms with Crippen LogP contribution in [0.1, 0.15) is 16.3 Å². The van der Waals surface area contributed by atoms with Gasteiger partial charge in [-0.05, 0) is 5.56 Å². The maximum absolute atomic E-state index is 11.1. The maximum atomic E-state index is 11.1. The predicted molar refractivity (Wildman–Crippen MR) is 67.1 cm³/mol. The minimum Gasteiger partial charge on any atom is -0.469 e. The lowest BCUT2D eigenvalue weighted by Gasteiger charge is -1.97. The largest absolute Gasteiger partial charge is 0.469 e. The number of nitrogens with zero attached hydrogens (tertiary/aromatic N) is 1.